The van der Waals surface area contributed by atoms with Gasteiger partial charge in [0.2, 0.25) is 11.2 Å². The van der Waals surface area contributed by atoms with Gasteiger partial charge in [0.05, 0.1) is 18.9 Å². The highest BCUT2D eigenvalue weighted by molar-refractivity contribution is 7.98. The third kappa shape index (κ3) is 4.64. The van der Waals surface area contributed by atoms with Gasteiger partial charge in [0, 0.05) is 11.0 Å². The SMILES string of the molecule is CCOC(=O)C[C@@H](c1ccc(SC)cc1)c1oc(CO)cc(=O)c1O. The Bertz CT molecular complexity index is 781. The molecule has 2 N–H and O–H groups in total. The largest absolute Gasteiger partial charge is 0.502 e. The Morgan fingerprint density at radius 2 is 2.00 bits per heavy atom. The molecule has 0 saturated carbocycles. The number of esters is 1. The summed E-state index contributed by atoms with van der Waals surface area (Å²) in [6.45, 7) is 1.44. The van der Waals surface area contributed by atoms with Crippen LogP contribution < -0.4 is 5.43 Å². The molecule has 1 atom stereocenters. The van der Waals surface area contributed by atoms with Crippen LogP contribution >= 0.6 is 11.8 Å². The van der Waals surface area contributed by atoms with E-state index in [-0.39, 0.29) is 24.5 Å². The summed E-state index contributed by atoms with van der Waals surface area (Å²) >= 11 is 1.57. The van der Waals surface area contributed by atoms with Crippen LogP contribution in [0.1, 0.15) is 36.3 Å². The molecule has 0 aliphatic heterocycles. The molecule has 0 saturated heterocycles. The topological polar surface area (TPSA) is 97.0 Å². The zero-order valence-corrected chi connectivity index (χ0v) is 14.8. The maximum atomic E-state index is 12.0. The lowest BCUT2D eigenvalue weighted by Gasteiger charge is -2.17. The van der Waals surface area contributed by atoms with E-state index in [0.717, 1.165) is 11.0 Å². The molecule has 1 aromatic heterocycles. The van der Waals surface area contributed by atoms with Gasteiger partial charge in [0.25, 0.3) is 0 Å². The first-order chi connectivity index (χ1) is 12.0. The number of ether oxygens (including phenoxy) is 1. The number of aliphatic hydroxyl groups is 1. The molecule has 2 rings (SSSR count). The smallest absolute Gasteiger partial charge is 0.306 e. The molecule has 2 aromatic rings. The first-order valence-corrected chi connectivity index (χ1v) is 8.98. The van der Waals surface area contributed by atoms with Crippen molar-refractivity contribution >= 4 is 17.7 Å². The fourth-order valence-corrected chi connectivity index (χ4v) is 2.86. The Morgan fingerprint density at radius 1 is 1.32 bits per heavy atom. The molecule has 0 aliphatic rings. The second-order valence-corrected chi connectivity index (χ2v) is 6.16. The van der Waals surface area contributed by atoms with Gasteiger partial charge in [-0.25, -0.2) is 0 Å². The summed E-state index contributed by atoms with van der Waals surface area (Å²) in [4.78, 5) is 25.0. The highest BCUT2D eigenvalue weighted by atomic mass is 32.2. The maximum absolute atomic E-state index is 12.0. The number of aliphatic hydroxyl groups excluding tert-OH is 1. The first kappa shape index (κ1) is 19.1. The van der Waals surface area contributed by atoms with Gasteiger partial charge in [-0.2, -0.15) is 0 Å². The van der Waals surface area contributed by atoms with Crippen LogP contribution in [0.25, 0.3) is 0 Å². The molecule has 0 amide bonds. The van der Waals surface area contributed by atoms with E-state index in [2.05, 4.69) is 0 Å². The molecule has 1 aromatic carbocycles. The third-order valence-electron chi connectivity index (χ3n) is 3.67. The summed E-state index contributed by atoms with van der Waals surface area (Å²) < 4.78 is 10.5. The number of rotatable bonds is 7. The molecule has 1 heterocycles. The predicted molar refractivity (Wildman–Crippen MR) is 93.9 cm³/mol. The van der Waals surface area contributed by atoms with Gasteiger partial charge in [-0.05, 0) is 30.9 Å². The number of carbonyl (C=O) groups is 1. The molecule has 0 fully saturated rings. The van der Waals surface area contributed by atoms with Crippen LogP contribution in [-0.2, 0) is 16.1 Å². The van der Waals surface area contributed by atoms with E-state index in [4.69, 9.17) is 9.15 Å². The summed E-state index contributed by atoms with van der Waals surface area (Å²) in [6, 6.07) is 8.39. The van der Waals surface area contributed by atoms with Crippen molar-refractivity contribution in [2.24, 2.45) is 0 Å². The average Bonchev–Trinajstić information content (AvgIpc) is 2.62. The van der Waals surface area contributed by atoms with Crippen molar-refractivity contribution < 1.29 is 24.2 Å². The molecule has 0 unspecified atom stereocenters. The summed E-state index contributed by atoms with van der Waals surface area (Å²) in [6.07, 6.45) is 1.85. The number of carbonyl (C=O) groups excluding carboxylic acids is 1. The molecule has 0 radical (unpaired) electrons. The van der Waals surface area contributed by atoms with Crippen LogP contribution in [0.2, 0.25) is 0 Å². The molecular formula is C18H20O6S. The van der Waals surface area contributed by atoms with E-state index < -0.39 is 29.7 Å². The van der Waals surface area contributed by atoms with Crippen LogP contribution in [-0.4, -0.2) is 29.0 Å². The van der Waals surface area contributed by atoms with Crippen molar-refractivity contribution in [3.8, 4) is 5.75 Å². The predicted octanol–water partition coefficient (Wildman–Crippen LogP) is 2.64. The second-order valence-electron chi connectivity index (χ2n) is 5.28. The van der Waals surface area contributed by atoms with Crippen LogP contribution in [0.5, 0.6) is 5.75 Å². The van der Waals surface area contributed by atoms with Gasteiger partial charge in [-0.15, -0.1) is 11.8 Å². The van der Waals surface area contributed by atoms with Crippen LogP contribution in [0, 0.1) is 0 Å². The summed E-state index contributed by atoms with van der Waals surface area (Å²) in [5, 5.41) is 19.4. The maximum Gasteiger partial charge on any atom is 0.306 e. The van der Waals surface area contributed by atoms with E-state index in [1.165, 1.54) is 0 Å². The van der Waals surface area contributed by atoms with E-state index in [1.807, 2.05) is 18.4 Å². The molecule has 25 heavy (non-hydrogen) atoms. The minimum Gasteiger partial charge on any atom is -0.502 e. The normalized spacial score (nSPS) is 12.0. The average molecular weight is 364 g/mol. The summed E-state index contributed by atoms with van der Waals surface area (Å²) in [5.41, 5.74) is 0.0271. The standard InChI is InChI=1S/C18H20O6S/c1-3-23-16(21)9-14(11-4-6-13(25-2)7-5-11)18-17(22)15(20)8-12(10-19)24-18/h4-8,14,19,22H,3,9-10H2,1-2H3/t14-/m0/s1. The third-order valence-corrected chi connectivity index (χ3v) is 4.41. The van der Waals surface area contributed by atoms with Crippen molar-refractivity contribution in [1.82, 2.24) is 0 Å². The van der Waals surface area contributed by atoms with Crippen molar-refractivity contribution in [3.05, 3.63) is 57.6 Å². The number of aromatic hydroxyl groups is 1. The highest BCUT2D eigenvalue weighted by Crippen LogP contribution is 2.34. The van der Waals surface area contributed by atoms with Gasteiger partial charge in [-0.3, -0.25) is 9.59 Å². The zero-order valence-electron chi connectivity index (χ0n) is 14.0. The number of hydrogen-bond donors (Lipinski definition) is 2. The number of benzene rings is 1. The van der Waals surface area contributed by atoms with Crippen molar-refractivity contribution in [2.75, 3.05) is 12.9 Å². The van der Waals surface area contributed by atoms with Gasteiger partial charge in [-0.1, -0.05) is 12.1 Å². The van der Waals surface area contributed by atoms with Crippen molar-refractivity contribution in [3.63, 3.8) is 0 Å². The quantitative estimate of drug-likeness (QED) is 0.576. The Labute approximate surface area is 149 Å². The minimum absolute atomic E-state index is 0.0207. The minimum atomic E-state index is -0.700. The fourth-order valence-electron chi connectivity index (χ4n) is 2.45. The Hall–Kier alpha value is -2.25. The summed E-state index contributed by atoms with van der Waals surface area (Å²) in [5.74, 6) is -1.78. The van der Waals surface area contributed by atoms with E-state index in [1.54, 1.807) is 30.8 Å². The number of hydrogen-bond acceptors (Lipinski definition) is 7. The van der Waals surface area contributed by atoms with E-state index in [0.29, 0.717) is 5.56 Å². The molecular weight excluding hydrogens is 344 g/mol. The Kier molecular flexibility index (Phi) is 6.66. The van der Waals surface area contributed by atoms with Crippen molar-refractivity contribution in [2.45, 2.75) is 30.8 Å². The lowest BCUT2D eigenvalue weighted by Crippen LogP contribution is -2.15. The van der Waals surface area contributed by atoms with Crippen LogP contribution in [0.4, 0.5) is 0 Å². The Morgan fingerprint density at radius 3 is 2.56 bits per heavy atom. The molecule has 6 nitrogen and oxygen atoms in total. The molecule has 134 valence electrons. The van der Waals surface area contributed by atoms with Gasteiger partial charge in [0.1, 0.15) is 12.4 Å². The first-order valence-electron chi connectivity index (χ1n) is 7.76. The highest BCUT2D eigenvalue weighted by Gasteiger charge is 2.26. The number of thioether (sulfide) groups is 1. The summed E-state index contributed by atoms with van der Waals surface area (Å²) in [7, 11) is 0. The molecule has 7 heteroatoms. The molecule has 0 spiro atoms. The molecule has 0 aliphatic carbocycles. The van der Waals surface area contributed by atoms with Gasteiger partial charge < -0.3 is 19.4 Å². The van der Waals surface area contributed by atoms with Gasteiger partial charge >= 0.3 is 5.97 Å². The Balaban J connectivity index is 2.52. The monoisotopic (exact) mass is 364 g/mol. The van der Waals surface area contributed by atoms with E-state index in [9.17, 15) is 19.8 Å². The van der Waals surface area contributed by atoms with Crippen molar-refractivity contribution in [1.29, 1.82) is 0 Å². The van der Waals surface area contributed by atoms with Crippen LogP contribution in [0.15, 0.2) is 44.4 Å². The second kappa shape index (κ2) is 8.73. The van der Waals surface area contributed by atoms with Gasteiger partial charge in [0.15, 0.2) is 5.76 Å². The van der Waals surface area contributed by atoms with Crippen LogP contribution in [0.3, 0.4) is 0 Å². The lowest BCUT2D eigenvalue weighted by atomic mass is 9.92. The molecule has 0 bridgehead atoms. The zero-order chi connectivity index (χ0) is 18.4. The van der Waals surface area contributed by atoms with E-state index >= 15 is 0 Å². The fraction of sp³-hybridized carbons (Fsp3) is 0.333. The lowest BCUT2D eigenvalue weighted by molar-refractivity contribution is -0.143.